The smallest absolute Gasteiger partial charge is 0.358 e. The maximum atomic E-state index is 12.1. The number of nitrogens with zero attached hydrogens (tertiary/aromatic N) is 2. The van der Waals surface area contributed by atoms with Crippen LogP contribution in [0.5, 0.6) is 0 Å². The summed E-state index contributed by atoms with van der Waals surface area (Å²) in [5.41, 5.74) is 4.34. The molecule has 4 nitrogen and oxygen atoms in total. The Morgan fingerprint density at radius 1 is 1.24 bits per heavy atom. The molecule has 0 N–H and O–H groups in total. The van der Waals surface area contributed by atoms with E-state index in [1.807, 2.05) is 56.4 Å². The van der Waals surface area contributed by atoms with Gasteiger partial charge >= 0.3 is 5.97 Å². The normalized spacial score (nSPS) is 10.8. The van der Waals surface area contributed by atoms with Crippen LogP contribution in [0.1, 0.15) is 27.2 Å². The topological polar surface area (TPSA) is 43.6 Å². The SMILES string of the molecule is Cc1ccc(C)c(COC(=O)c2cn3ccccc3n2)c1. The van der Waals surface area contributed by atoms with Gasteiger partial charge in [0.2, 0.25) is 0 Å². The monoisotopic (exact) mass is 280 g/mol. The van der Waals surface area contributed by atoms with E-state index in [2.05, 4.69) is 4.98 Å². The first-order valence-electron chi connectivity index (χ1n) is 6.80. The van der Waals surface area contributed by atoms with Crippen LogP contribution >= 0.6 is 0 Å². The molecule has 2 aromatic heterocycles. The lowest BCUT2D eigenvalue weighted by Crippen LogP contribution is -2.06. The van der Waals surface area contributed by atoms with Crippen LogP contribution in [0.25, 0.3) is 5.65 Å². The van der Waals surface area contributed by atoms with Crippen molar-refractivity contribution in [2.24, 2.45) is 0 Å². The number of hydrogen-bond donors (Lipinski definition) is 0. The molecular formula is C17H16N2O2. The Morgan fingerprint density at radius 3 is 2.90 bits per heavy atom. The highest BCUT2D eigenvalue weighted by Gasteiger charge is 2.12. The van der Waals surface area contributed by atoms with Crippen LogP contribution in [0, 0.1) is 13.8 Å². The zero-order valence-corrected chi connectivity index (χ0v) is 12.0. The summed E-state index contributed by atoms with van der Waals surface area (Å²) in [6.45, 7) is 4.29. The molecule has 3 rings (SSSR count). The van der Waals surface area contributed by atoms with Crippen LogP contribution in [0.3, 0.4) is 0 Å². The van der Waals surface area contributed by atoms with E-state index in [-0.39, 0.29) is 6.61 Å². The van der Waals surface area contributed by atoms with Crippen molar-refractivity contribution >= 4 is 11.6 Å². The van der Waals surface area contributed by atoms with Gasteiger partial charge in [0.25, 0.3) is 0 Å². The predicted octanol–water partition coefficient (Wildman–Crippen LogP) is 3.31. The van der Waals surface area contributed by atoms with Gasteiger partial charge in [0.1, 0.15) is 12.3 Å². The van der Waals surface area contributed by atoms with Crippen LogP contribution < -0.4 is 0 Å². The van der Waals surface area contributed by atoms with E-state index in [4.69, 9.17) is 4.74 Å². The third kappa shape index (κ3) is 2.79. The summed E-state index contributed by atoms with van der Waals surface area (Å²) >= 11 is 0. The average Bonchev–Trinajstić information content (AvgIpc) is 2.92. The molecule has 4 heteroatoms. The minimum atomic E-state index is -0.403. The first-order valence-corrected chi connectivity index (χ1v) is 6.80. The van der Waals surface area contributed by atoms with Gasteiger partial charge in [0.05, 0.1) is 0 Å². The number of aromatic nitrogens is 2. The van der Waals surface area contributed by atoms with E-state index in [9.17, 15) is 4.79 Å². The van der Waals surface area contributed by atoms with Gasteiger partial charge in [-0.25, -0.2) is 9.78 Å². The molecule has 21 heavy (non-hydrogen) atoms. The van der Waals surface area contributed by atoms with Crippen molar-refractivity contribution in [1.29, 1.82) is 0 Å². The zero-order valence-electron chi connectivity index (χ0n) is 12.0. The first kappa shape index (κ1) is 13.4. The second-order valence-corrected chi connectivity index (χ2v) is 5.10. The maximum absolute atomic E-state index is 12.1. The molecule has 0 spiro atoms. The average molecular weight is 280 g/mol. The Hall–Kier alpha value is -2.62. The van der Waals surface area contributed by atoms with E-state index in [0.717, 1.165) is 22.3 Å². The zero-order chi connectivity index (χ0) is 14.8. The predicted molar refractivity (Wildman–Crippen MR) is 80.2 cm³/mol. The summed E-state index contributed by atoms with van der Waals surface area (Å²) < 4.78 is 7.16. The molecule has 0 aliphatic heterocycles. The minimum absolute atomic E-state index is 0.264. The van der Waals surface area contributed by atoms with Crippen molar-refractivity contribution in [3.05, 3.63) is 71.2 Å². The quantitative estimate of drug-likeness (QED) is 0.691. The van der Waals surface area contributed by atoms with Gasteiger partial charge < -0.3 is 9.14 Å². The fourth-order valence-electron chi connectivity index (χ4n) is 2.21. The lowest BCUT2D eigenvalue weighted by atomic mass is 10.1. The lowest BCUT2D eigenvalue weighted by Gasteiger charge is -2.07. The maximum Gasteiger partial charge on any atom is 0.358 e. The third-order valence-corrected chi connectivity index (χ3v) is 3.44. The number of rotatable bonds is 3. The molecule has 0 aliphatic rings. The Labute approximate surface area is 123 Å². The Morgan fingerprint density at radius 2 is 2.10 bits per heavy atom. The lowest BCUT2D eigenvalue weighted by molar-refractivity contribution is 0.0466. The molecule has 0 unspecified atom stereocenters. The molecule has 0 aliphatic carbocycles. The minimum Gasteiger partial charge on any atom is -0.456 e. The van der Waals surface area contributed by atoms with Gasteiger partial charge in [0, 0.05) is 12.4 Å². The van der Waals surface area contributed by atoms with E-state index in [0.29, 0.717) is 5.69 Å². The molecule has 0 saturated carbocycles. The highest BCUT2D eigenvalue weighted by molar-refractivity contribution is 5.87. The molecule has 0 amide bonds. The second-order valence-electron chi connectivity index (χ2n) is 5.10. The summed E-state index contributed by atoms with van der Waals surface area (Å²) in [4.78, 5) is 16.3. The van der Waals surface area contributed by atoms with Crippen LogP contribution in [0.15, 0.2) is 48.8 Å². The van der Waals surface area contributed by atoms with Crippen LogP contribution in [0.4, 0.5) is 0 Å². The molecule has 0 fully saturated rings. The second kappa shape index (κ2) is 5.40. The fourth-order valence-corrected chi connectivity index (χ4v) is 2.21. The number of aryl methyl sites for hydroxylation is 2. The van der Waals surface area contributed by atoms with Crippen LogP contribution in [-0.4, -0.2) is 15.4 Å². The number of ether oxygens (including phenoxy) is 1. The fraction of sp³-hybridized carbons (Fsp3) is 0.176. The summed E-state index contributed by atoms with van der Waals surface area (Å²) in [5, 5.41) is 0. The van der Waals surface area contributed by atoms with Crippen molar-refractivity contribution in [2.45, 2.75) is 20.5 Å². The summed E-state index contributed by atoms with van der Waals surface area (Å²) in [6.07, 6.45) is 3.53. The van der Waals surface area contributed by atoms with Gasteiger partial charge in [-0.3, -0.25) is 0 Å². The van der Waals surface area contributed by atoms with Gasteiger partial charge in [0.15, 0.2) is 5.69 Å². The number of carbonyl (C=O) groups is 1. The number of benzene rings is 1. The molecule has 106 valence electrons. The number of fused-ring (bicyclic) bond motifs is 1. The van der Waals surface area contributed by atoms with Crippen molar-refractivity contribution < 1.29 is 9.53 Å². The Kier molecular flexibility index (Phi) is 3.44. The van der Waals surface area contributed by atoms with E-state index in [1.165, 1.54) is 0 Å². The van der Waals surface area contributed by atoms with Crippen molar-refractivity contribution in [3.8, 4) is 0 Å². The molecular weight excluding hydrogens is 264 g/mol. The van der Waals surface area contributed by atoms with E-state index in [1.54, 1.807) is 10.6 Å². The Balaban J connectivity index is 1.75. The first-order chi connectivity index (χ1) is 10.1. The standard InChI is InChI=1S/C17H16N2O2/c1-12-6-7-13(2)14(9-12)11-21-17(20)15-10-19-8-4-3-5-16(19)18-15/h3-10H,11H2,1-2H3. The molecule has 0 saturated heterocycles. The largest absolute Gasteiger partial charge is 0.456 e. The third-order valence-electron chi connectivity index (χ3n) is 3.44. The molecule has 0 atom stereocenters. The van der Waals surface area contributed by atoms with Crippen LogP contribution in [0.2, 0.25) is 0 Å². The van der Waals surface area contributed by atoms with E-state index >= 15 is 0 Å². The molecule has 2 heterocycles. The van der Waals surface area contributed by atoms with Gasteiger partial charge in [-0.05, 0) is 37.1 Å². The molecule has 0 bridgehead atoms. The molecule has 0 radical (unpaired) electrons. The molecule has 1 aromatic carbocycles. The van der Waals surface area contributed by atoms with Crippen molar-refractivity contribution in [3.63, 3.8) is 0 Å². The summed E-state index contributed by atoms with van der Waals surface area (Å²) in [6, 6.07) is 11.7. The van der Waals surface area contributed by atoms with Gasteiger partial charge in [-0.2, -0.15) is 0 Å². The molecule has 3 aromatic rings. The van der Waals surface area contributed by atoms with E-state index < -0.39 is 5.97 Å². The number of esters is 1. The highest BCUT2D eigenvalue weighted by atomic mass is 16.5. The summed E-state index contributed by atoms with van der Waals surface area (Å²) in [7, 11) is 0. The summed E-state index contributed by atoms with van der Waals surface area (Å²) in [5.74, 6) is -0.403. The van der Waals surface area contributed by atoms with Gasteiger partial charge in [-0.15, -0.1) is 0 Å². The van der Waals surface area contributed by atoms with Gasteiger partial charge in [-0.1, -0.05) is 29.8 Å². The van der Waals surface area contributed by atoms with Crippen LogP contribution in [-0.2, 0) is 11.3 Å². The number of imidazole rings is 1. The Bertz CT molecular complexity index is 772. The number of hydrogen-bond acceptors (Lipinski definition) is 3. The number of pyridine rings is 1. The highest BCUT2D eigenvalue weighted by Crippen LogP contribution is 2.13. The number of carbonyl (C=O) groups excluding carboxylic acids is 1. The van der Waals surface area contributed by atoms with Crippen molar-refractivity contribution in [1.82, 2.24) is 9.38 Å². The van der Waals surface area contributed by atoms with Crippen molar-refractivity contribution in [2.75, 3.05) is 0 Å².